The molecule has 1 amide bonds. The van der Waals surface area contributed by atoms with Gasteiger partial charge in [-0.2, -0.15) is 5.10 Å². The number of ether oxygens (including phenoxy) is 1. The van der Waals surface area contributed by atoms with Crippen molar-refractivity contribution in [3.05, 3.63) is 71.7 Å². The number of benzene rings is 2. The maximum absolute atomic E-state index is 13.2. The molecule has 1 N–H and O–H groups in total. The summed E-state index contributed by atoms with van der Waals surface area (Å²) in [5.74, 6) is -0.518. The van der Waals surface area contributed by atoms with E-state index in [1.807, 2.05) is 31.2 Å². The van der Waals surface area contributed by atoms with Gasteiger partial charge in [0.2, 0.25) is 0 Å². The molecule has 0 radical (unpaired) electrons. The van der Waals surface area contributed by atoms with Gasteiger partial charge in [-0.05, 0) is 37.6 Å². The number of aromatic nitrogens is 2. The molecule has 3 aromatic rings. The molecule has 1 heterocycles. The van der Waals surface area contributed by atoms with Crippen molar-refractivity contribution >= 4 is 5.91 Å². The second kappa shape index (κ2) is 8.60. The van der Waals surface area contributed by atoms with Crippen LogP contribution in [0.4, 0.5) is 4.39 Å². The molecule has 0 aliphatic rings. The average Bonchev–Trinajstić information content (AvgIpc) is 3.12. The van der Waals surface area contributed by atoms with Gasteiger partial charge in [-0.3, -0.25) is 4.79 Å². The molecule has 0 aliphatic carbocycles. The Morgan fingerprint density at radius 2 is 1.85 bits per heavy atom. The normalized spacial score (nSPS) is 10.8. The molecule has 27 heavy (non-hydrogen) atoms. The van der Waals surface area contributed by atoms with Crippen molar-refractivity contribution in [1.29, 1.82) is 0 Å². The number of methoxy groups -OCH3 is 1. The minimum atomic E-state index is -0.319. The van der Waals surface area contributed by atoms with Gasteiger partial charge < -0.3 is 10.1 Å². The number of carbonyl (C=O) groups is 1. The number of rotatable bonds is 7. The van der Waals surface area contributed by atoms with E-state index in [1.54, 1.807) is 30.1 Å². The van der Waals surface area contributed by atoms with Gasteiger partial charge in [0.15, 0.2) is 0 Å². The third kappa shape index (κ3) is 4.60. The van der Waals surface area contributed by atoms with E-state index in [4.69, 9.17) is 4.74 Å². The minimum absolute atomic E-state index is 0.199. The van der Waals surface area contributed by atoms with Crippen LogP contribution in [0.3, 0.4) is 0 Å². The summed E-state index contributed by atoms with van der Waals surface area (Å²) >= 11 is 0. The molecule has 0 atom stereocenters. The third-order valence-electron chi connectivity index (χ3n) is 4.19. The molecule has 140 valence electrons. The van der Waals surface area contributed by atoms with Crippen LogP contribution in [0.25, 0.3) is 16.9 Å². The van der Waals surface area contributed by atoms with Crippen LogP contribution in [0.2, 0.25) is 0 Å². The highest BCUT2D eigenvalue weighted by Gasteiger charge is 2.18. The molecule has 0 bridgehead atoms. The summed E-state index contributed by atoms with van der Waals surface area (Å²) in [5.41, 5.74) is 3.72. The first kappa shape index (κ1) is 18.8. The number of nitrogens with one attached hydrogen (secondary N) is 1. The van der Waals surface area contributed by atoms with Gasteiger partial charge in [-0.15, -0.1) is 0 Å². The summed E-state index contributed by atoms with van der Waals surface area (Å²) in [4.78, 5) is 12.7. The summed E-state index contributed by atoms with van der Waals surface area (Å²) in [6, 6.07) is 13.8. The highest BCUT2D eigenvalue weighted by atomic mass is 19.1. The monoisotopic (exact) mass is 367 g/mol. The van der Waals surface area contributed by atoms with E-state index in [0.29, 0.717) is 30.1 Å². The average molecular weight is 367 g/mol. The number of nitrogens with zero attached hydrogens (tertiary/aromatic N) is 2. The topological polar surface area (TPSA) is 56.1 Å². The van der Waals surface area contributed by atoms with E-state index in [1.165, 1.54) is 12.1 Å². The maximum atomic E-state index is 13.2. The molecule has 0 fully saturated rings. The molecule has 6 heteroatoms. The summed E-state index contributed by atoms with van der Waals surface area (Å²) in [5, 5.41) is 7.48. The second-order valence-electron chi connectivity index (χ2n) is 6.28. The van der Waals surface area contributed by atoms with Crippen LogP contribution in [-0.2, 0) is 4.74 Å². The standard InChI is InChI=1S/C21H22FN3O2/c1-15-4-6-16(7-5-15)20-19(21(26)23-12-3-13-27-2)14-25(24-20)18-10-8-17(22)9-11-18/h4-11,14H,3,12-13H2,1-2H3,(H,23,26). The molecule has 0 spiro atoms. The number of hydrogen-bond acceptors (Lipinski definition) is 3. The zero-order valence-electron chi connectivity index (χ0n) is 15.4. The molecule has 5 nitrogen and oxygen atoms in total. The molecule has 0 saturated carbocycles. The van der Waals surface area contributed by atoms with E-state index >= 15 is 0 Å². The second-order valence-corrected chi connectivity index (χ2v) is 6.28. The zero-order chi connectivity index (χ0) is 19.2. The van der Waals surface area contributed by atoms with Gasteiger partial charge >= 0.3 is 0 Å². The Balaban J connectivity index is 1.94. The molecule has 0 unspecified atom stereocenters. The smallest absolute Gasteiger partial charge is 0.255 e. The molecule has 3 rings (SSSR count). The lowest BCUT2D eigenvalue weighted by atomic mass is 10.1. The summed E-state index contributed by atoms with van der Waals surface area (Å²) < 4.78 is 19.8. The first-order valence-electron chi connectivity index (χ1n) is 8.78. The number of halogens is 1. The Kier molecular flexibility index (Phi) is 5.98. The third-order valence-corrected chi connectivity index (χ3v) is 4.19. The Labute approximate surface area is 157 Å². The fraction of sp³-hybridized carbons (Fsp3) is 0.238. The Hall–Kier alpha value is -2.99. The highest BCUT2D eigenvalue weighted by molar-refractivity contribution is 5.99. The van der Waals surface area contributed by atoms with Crippen LogP contribution < -0.4 is 5.32 Å². The van der Waals surface area contributed by atoms with Crippen molar-refractivity contribution in [2.24, 2.45) is 0 Å². The van der Waals surface area contributed by atoms with Crippen LogP contribution in [0.5, 0.6) is 0 Å². The number of carbonyl (C=O) groups excluding carboxylic acids is 1. The molecule has 1 aromatic heterocycles. The van der Waals surface area contributed by atoms with Crippen molar-refractivity contribution in [2.45, 2.75) is 13.3 Å². The lowest BCUT2D eigenvalue weighted by Crippen LogP contribution is -2.25. The van der Waals surface area contributed by atoms with Crippen molar-refractivity contribution < 1.29 is 13.9 Å². The van der Waals surface area contributed by atoms with Crippen molar-refractivity contribution in [3.8, 4) is 16.9 Å². The largest absolute Gasteiger partial charge is 0.385 e. The molecular formula is C21H22FN3O2. The predicted octanol–water partition coefficient (Wildman–Crippen LogP) is 3.75. The zero-order valence-corrected chi connectivity index (χ0v) is 15.4. The number of amides is 1. The van der Waals surface area contributed by atoms with Crippen LogP contribution in [-0.4, -0.2) is 35.9 Å². The van der Waals surface area contributed by atoms with E-state index in [-0.39, 0.29) is 11.7 Å². The van der Waals surface area contributed by atoms with E-state index < -0.39 is 0 Å². The quantitative estimate of drug-likeness (QED) is 0.647. The Morgan fingerprint density at radius 3 is 2.52 bits per heavy atom. The van der Waals surface area contributed by atoms with Gasteiger partial charge in [0, 0.05) is 32.0 Å². The Bertz CT molecular complexity index is 902. The lowest BCUT2D eigenvalue weighted by molar-refractivity contribution is 0.0949. The van der Waals surface area contributed by atoms with Crippen LogP contribution in [0.15, 0.2) is 54.7 Å². The predicted molar refractivity (Wildman–Crippen MR) is 103 cm³/mol. The van der Waals surface area contributed by atoms with Gasteiger partial charge in [0.05, 0.1) is 11.3 Å². The minimum Gasteiger partial charge on any atom is -0.385 e. The van der Waals surface area contributed by atoms with Crippen molar-refractivity contribution in [1.82, 2.24) is 15.1 Å². The van der Waals surface area contributed by atoms with Gasteiger partial charge in [-0.25, -0.2) is 9.07 Å². The summed E-state index contributed by atoms with van der Waals surface area (Å²) in [7, 11) is 1.63. The van der Waals surface area contributed by atoms with Gasteiger partial charge in [0.25, 0.3) is 5.91 Å². The highest BCUT2D eigenvalue weighted by Crippen LogP contribution is 2.24. The summed E-state index contributed by atoms with van der Waals surface area (Å²) in [6.45, 7) is 3.10. The van der Waals surface area contributed by atoms with Crippen LogP contribution in [0.1, 0.15) is 22.3 Å². The fourth-order valence-electron chi connectivity index (χ4n) is 2.70. The van der Waals surface area contributed by atoms with Crippen molar-refractivity contribution in [2.75, 3.05) is 20.3 Å². The first-order valence-corrected chi connectivity index (χ1v) is 8.78. The first-order chi connectivity index (χ1) is 13.1. The van der Waals surface area contributed by atoms with E-state index in [0.717, 1.165) is 17.5 Å². The number of hydrogen-bond donors (Lipinski definition) is 1. The van der Waals surface area contributed by atoms with Crippen LogP contribution >= 0.6 is 0 Å². The van der Waals surface area contributed by atoms with Gasteiger partial charge in [-0.1, -0.05) is 29.8 Å². The molecular weight excluding hydrogens is 345 g/mol. The van der Waals surface area contributed by atoms with Gasteiger partial charge in [0.1, 0.15) is 11.5 Å². The lowest BCUT2D eigenvalue weighted by Gasteiger charge is -2.05. The van der Waals surface area contributed by atoms with E-state index in [9.17, 15) is 9.18 Å². The van der Waals surface area contributed by atoms with E-state index in [2.05, 4.69) is 10.4 Å². The summed E-state index contributed by atoms with van der Waals surface area (Å²) in [6.07, 6.45) is 2.41. The number of aryl methyl sites for hydroxylation is 1. The maximum Gasteiger partial charge on any atom is 0.255 e. The van der Waals surface area contributed by atoms with Crippen molar-refractivity contribution in [3.63, 3.8) is 0 Å². The molecule has 2 aromatic carbocycles. The molecule has 0 aliphatic heterocycles. The SMILES string of the molecule is COCCCNC(=O)c1cn(-c2ccc(F)cc2)nc1-c1ccc(C)cc1. The fourth-order valence-corrected chi connectivity index (χ4v) is 2.70. The molecule has 0 saturated heterocycles. The Morgan fingerprint density at radius 1 is 1.15 bits per heavy atom. The van der Waals surface area contributed by atoms with Crippen LogP contribution in [0, 0.1) is 12.7 Å².